The second kappa shape index (κ2) is 16.2. The third-order valence-electron chi connectivity index (χ3n) is 0. The van der Waals surface area contributed by atoms with Gasteiger partial charge in [-0.1, -0.05) is 0 Å². The Morgan fingerprint density at radius 2 is 1.29 bits per heavy atom. The molecule has 0 amide bonds. The van der Waals surface area contributed by atoms with Crippen LogP contribution in [0, 0.1) is 0 Å². The SMILES string of the molecule is O=[Si]([O-])[O-].[BaH2].[Mg+2].[SrH2]. The van der Waals surface area contributed by atoms with E-state index in [-0.39, 0.29) is 117 Å². The van der Waals surface area contributed by atoms with Gasteiger partial charge < -0.3 is 14.1 Å². The second-order valence-corrected chi connectivity index (χ2v) is 0.750. The molecule has 0 saturated heterocycles. The summed E-state index contributed by atoms with van der Waals surface area (Å²) in [6, 6.07) is 0. The van der Waals surface area contributed by atoms with Crippen molar-refractivity contribution in [1.82, 2.24) is 0 Å². The predicted octanol–water partition coefficient (Wildman–Crippen LogP) is -5.09. The van der Waals surface area contributed by atoms with Crippen LogP contribution in [0.2, 0.25) is 0 Å². The third kappa shape index (κ3) is 44.2. The molecule has 0 spiro atoms. The predicted molar refractivity (Wildman–Crippen MR) is 29.3 cm³/mol. The van der Waals surface area contributed by atoms with Gasteiger partial charge >= 0.3 is 117 Å². The molecule has 0 heterocycles. The first kappa shape index (κ1) is 22.4. The number of rotatable bonds is 0. The summed E-state index contributed by atoms with van der Waals surface area (Å²) in [6.45, 7) is 0. The Hall–Kier alpha value is 3.44. The summed E-state index contributed by atoms with van der Waals surface area (Å²) in [4.78, 5) is 17.0. The average Bonchev–Trinajstić information content (AvgIpc) is 0.811. The van der Waals surface area contributed by atoms with Gasteiger partial charge in [-0.05, 0) is 0 Å². The van der Waals surface area contributed by atoms with Gasteiger partial charge in [0.25, 0.3) is 0 Å². The minimum atomic E-state index is -3.63. The van der Waals surface area contributed by atoms with Gasteiger partial charge in [0, 0.05) is 9.17 Å². The summed E-state index contributed by atoms with van der Waals surface area (Å²) in [7, 11) is -3.63. The quantitative estimate of drug-likeness (QED) is 0.418. The van der Waals surface area contributed by atoms with Crippen LogP contribution in [0.5, 0.6) is 0 Å². The molecule has 0 fully saturated rings. The van der Waals surface area contributed by atoms with Gasteiger partial charge in [0.15, 0.2) is 0 Å². The van der Waals surface area contributed by atoms with E-state index in [1.807, 2.05) is 0 Å². The van der Waals surface area contributed by atoms with E-state index in [4.69, 9.17) is 14.1 Å². The molecule has 0 radical (unpaired) electrons. The maximum atomic E-state index is 8.52. The molecule has 0 atom stereocenters. The van der Waals surface area contributed by atoms with Gasteiger partial charge in [-0.25, -0.2) is 0 Å². The van der Waals surface area contributed by atoms with Crippen LogP contribution in [0.1, 0.15) is 0 Å². The van der Waals surface area contributed by atoms with Gasteiger partial charge in [-0.15, -0.1) is 0 Å². The Bertz CT molecular complexity index is 37.9. The minimum absolute atomic E-state index is 0. The molecule has 0 aromatic carbocycles. The maximum absolute atomic E-state index is 8.52. The van der Waals surface area contributed by atoms with Crippen molar-refractivity contribution in [2.24, 2.45) is 0 Å². The van der Waals surface area contributed by atoms with Crippen LogP contribution in [-0.4, -0.2) is 127 Å². The van der Waals surface area contributed by atoms with Gasteiger partial charge in [0.1, 0.15) is 0 Å². The van der Waals surface area contributed by atoms with E-state index in [2.05, 4.69) is 0 Å². The van der Waals surface area contributed by atoms with Crippen molar-refractivity contribution in [2.75, 3.05) is 0 Å². The van der Waals surface area contributed by atoms with Gasteiger partial charge in [0.05, 0.1) is 0 Å². The molecule has 0 aliphatic carbocycles. The van der Waals surface area contributed by atoms with E-state index in [0.29, 0.717) is 0 Å². The standard InChI is InChI=1S/Ba.Mg.O3Si.Sr.4H/c;;1-4(2)3;;;;;/q;+2;-2;;;;;. The van der Waals surface area contributed by atoms with Crippen molar-refractivity contribution in [1.29, 1.82) is 0 Å². The van der Waals surface area contributed by atoms with Gasteiger partial charge in [-0.3, -0.25) is 0 Å². The Labute approximate surface area is 137 Å². The van der Waals surface area contributed by atoms with Crippen LogP contribution >= 0.6 is 0 Å². The number of hydrogen-bond donors (Lipinski definition) is 0. The summed E-state index contributed by atoms with van der Waals surface area (Å²) in [5, 5.41) is 0. The van der Waals surface area contributed by atoms with Crippen LogP contribution in [0.25, 0.3) is 0 Å². The fourth-order valence-corrected chi connectivity index (χ4v) is 0. The van der Waals surface area contributed by atoms with Crippen molar-refractivity contribution in [3.05, 3.63) is 0 Å². The van der Waals surface area contributed by atoms with E-state index in [9.17, 15) is 0 Å². The first-order valence-electron chi connectivity index (χ1n) is 0.612. The summed E-state index contributed by atoms with van der Waals surface area (Å²) < 4.78 is 8.52. The fraction of sp³-hybridized carbons (Fsp3) is 0. The van der Waals surface area contributed by atoms with Crippen LogP contribution in [-0.2, 0) is 4.46 Å². The molecule has 0 saturated carbocycles. The monoisotopic (exact) mass is 330 g/mol. The molecular formula is H4BaMgO3SiSr. The van der Waals surface area contributed by atoms with E-state index < -0.39 is 9.17 Å². The van der Waals surface area contributed by atoms with Crippen molar-refractivity contribution < 1.29 is 14.1 Å². The van der Waals surface area contributed by atoms with Crippen molar-refractivity contribution in [3.63, 3.8) is 0 Å². The number of hydrogen-bond acceptors (Lipinski definition) is 3. The normalized spacial score (nSPS) is 3.43. The Morgan fingerprint density at radius 1 is 1.29 bits per heavy atom. The molecule has 0 aliphatic rings. The summed E-state index contributed by atoms with van der Waals surface area (Å²) >= 11 is 0. The van der Waals surface area contributed by atoms with Crippen LogP contribution in [0.15, 0.2) is 0 Å². The molecule has 0 rings (SSSR count). The molecule has 32 valence electrons. The van der Waals surface area contributed by atoms with E-state index >= 15 is 0 Å². The van der Waals surface area contributed by atoms with Crippen molar-refractivity contribution in [3.8, 4) is 0 Å². The summed E-state index contributed by atoms with van der Waals surface area (Å²) in [5.74, 6) is 0. The molecule has 0 unspecified atom stereocenters. The molecular weight excluding hydrogens is 325 g/mol. The zero-order chi connectivity index (χ0) is 3.58. The fourth-order valence-electron chi connectivity index (χ4n) is 0. The third-order valence-corrected chi connectivity index (χ3v) is 0. The van der Waals surface area contributed by atoms with Crippen LogP contribution < -0.4 is 9.59 Å². The van der Waals surface area contributed by atoms with E-state index in [1.54, 1.807) is 0 Å². The zero-order valence-electron chi connectivity index (χ0n) is 2.43. The molecule has 0 aliphatic heterocycles. The van der Waals surface area contributed by atoms with Crippen molar-refractivity contribution >= 4 is 127 Å². The van der Waals surface area contributed by atoms with Gasteiger partial charge in [0.2, 0.25) is 0 Å². The van der Waals surface area contributed by atoms with Gasteiger partial charge in [-0.2, -0.15) is 0 Å². The average molecular weight is 329 g/mol. The summed E-state index contributed by atoms with van der Waals surface area (Å²) in [6.07, 6.45) is 0. The summed E-state index contributed by atoms with van der Waals surface area (Å²) in [5.41, 5.74) is 0. The first-order valence-corrected chi connectivity index (χ1v) is 1.84. The van der Waals surface area contributed by atoms with Crippen LogP contribution in [0.4, 0.5) is 0 Å². The topological polar surface area (TPSA) is 63.2 Å². The first-order chi connectivity index (χ1) is 1.73. The molecule has 0 aromatic heterocycles. The Morgan fingerprint density at radius 3 is 1.29 bits per heavy atom. The van der Waals surface area contributed by atoms with E-state index in [1.165, 1.54) is 0 Å². The second-order valence-electron chi connectivity index (χ2n) is 0.250. The molecule has 7 heteroatoms. The van der Waals surface area contributed by atoms with Crippen molar-refractivity contribution in [2.45, 2.75) is 0 Å². The molecule has 0 bridgehead atoms. The molecule has 7 heavy (non-hydrogen) atoms. The Kier molecular flexibility index (Phi) is 52.0. The Balaban J connectivity index is -0.0000000150. The van der Waals surface area contributed by atoms with E-state index in [0.717, 1.165) is 0 Å². The molecule has 3 nitrogen and oxygen atoms in total. The van der Waals surface area contributed by atoms with Crippen LogP contribution in [0.3, 0.4) is 0 Å². The molecule has 0 aromatic rings. The molecule has 0 N–H and O–H groups in total. The zero-order valence-corrected chi connectivity index (χ0v) is 4.85.